The lowest BCUT2D eigenvalue weighted by atomic mass is 10.0. The van der Waals surface area contributed by atoms with Gasteiger partial charge >= 0.3 is 0 Å². The number of fused-ring (bicyclic) bond motifs is 1. The lowest BCUT2D eigenvalue weighted by molar-refractivity contribution is -0.119. The highest BCUT2D eigenvalue weighted by atomic mass is 35.5. The summed E-state index contributed by atoms with van der Waals surface area (Å²) in [5, 5.41) is 4.03. The Kier molecular flexibility index (Phi) is 4.95. The quantitative estimate of drug-likeness (QED) is 0.739. The number of nitrogens with two attached hydrogens (primary N) is 1. The summed E-state index contributed by atoms with van der Waals surface area (Å²) < 4.78 is 0. The van der Waals surface area contributed by atoms with Crippen LogP contribution in [0, 0.1) is 0 Å². The average Bonchev–Trinajstić information content (AvgIpc) is 2.62. The normalized spacial score (nSPS) is 11.9. The molecule has 25 heavy (non-hydrogen) atoms. The minimum absolute atomic E-state index is 0.224. The van der Waals surface area contributed by atoms with E-state index in [4.69, 9.17) is 17.3 Å². The number of hydrogen-bond donors (Lipinski definition) is 2. The molecule has 2 aromatic carbocycles. The molecule has 1 atom stereocenters. The second-order valence-corrected chi connectivity index (χ2v) is 6.05. The molecule has 3 rings (SSSR count). The number of hydrogen-bond acceptors (Lipinski definition) is 3. The Morgan fingerprint density at radius 1 is 1.12 bits per heavy atom. The molecule has 6 heteroatoms. The van der Waals surface area contributed by atoms with Crippen molar-refractivity contribution < 1.29 is 9.59 Å². The number of primary amides is 1. The van der Waals surface area contributed by atoms with Gasteiger partial charge in [0.2, 0.25) is 5.91 Å². The Morgan fingerprint density at radius 3 is 2.60 bits per heavy atom. The Hall–Kier alpha value is -2.92. The highest BCUT2D eigenvalue weighted by molar-refractivity contribution is 6.31. The molecule has 0 saturated heterocycles. The van der Waals surface area contributed by atoms with E-state index in [9.17, 15) is 9.59 Å². The Balaban J connectivity index is 1.80. The maximum atomic E-state index is 12.5. The fraction of sp³-hybridized carbons (Fsp3) is 0.105. The summed E-state index contributed by atoms with van der Waals surface area (Å²) in [6.45, 7) is 0. The molecule has 1 aromatic heterocycles. The molecule has 0 aliphatic rings. The summed E-state index contributed by atoms with van der Waals surface area (Å²) in [6.07, 6.45) is 1.70. The molecule has 0 unspecified atom stereocenters. The number of carbonyl (C=O) groups excluding carboxylic acids is 2. The number of nitrogens with one attached hydrogen (secondary N) is 1. The first kappa shape index (κ1) is 16.9. The summed E-state index contributed by atoms with van der Waals surface area (Å²) >= 11 is 6.12. The van der Waals surface area contributed by atoms with Gasteiger partial charge in [-0.1, -0.05) is 48.0 Å². The van der Waals surface area contributed by atoms with E-state index < -0.39 is 17.9 Å². The zero-order chi connectivity index (χ0) is 17.8. The predicted octanol–water partition coefficient (Wildman–Crippen LogP) is 2.71. The molecule has 1 heterocycles. The summed E-state index contributed by atoms with van der Waals surface area (Å²) in [6, 6.07) is 15.5. The van der Waals surface area contributed by atoms with Crippen LogP contribution in [0.1, 0.15) is 15.9 Å². The number of pyridine rings is 1. The van der Waals surface area contributed by atoms with Crippen molar-refractivity contribution in [2.24, 2.45) is 5.73 Å². The smallest absolute Gasteiger partial charge is 0.253 e. The van der Waals surface area contributed by atoms with Crippen LogP contribution >= 0.6 is 11.6 Å². The zero-order valence-corrected chi connectivity index (χ0v) is 14.0. The number of benzene rings is 2. The third kappa shape index (κ3) is 3.95. The third-order valence-electron chi connectivity index (χ3n) is 3.88. The van der Waals surface area contributed by atoms with Crippen molar-refractivity contribution in [3.8, 4) is 0 Å². The van der Waals surface area contributed by atoms with Crippen LogP contribution in [0.25, 0.3) is 10.9 Å². The number of carbonyl (C=O) groups is 2. The van der Waals surface area contributed by atoms with Gasteiger partial charge in [-0.2, -0.15) is 0 Å². The number of rotatable bonds is 5. The van der Waals surface area contributed by atoms with Gasteiger partial charge < -0.3 is 11.1 Å². The first-order valence-electron chi connectivity index (χ1n) is 7.73. The van der Waals surface area contributed by atoms with Crippen molar-refractivity contribution in [1.29, 1.82) is 0 Å². The molecular weight excluding hydrogens is 338 g/mol. The standard InChI is InChI=1S/C19H16ClN3O2/c20-15-7-3-1-5-12(15)10-17(18(21)24)23-19(25)14-9-13-6-2-4-8-16(13)22-11-14/h1-9,11,17H,10H2,(H2,21,24)(H,23,25)/t17-/m0/s1. The van der Waals surface area contributed by atoms with Crippen LogP contribution in [0.15, 0.2) is 60.8 Å². The van der Waals surface area contributed by atoms with E-state index in [-0.39, 0.29) is 6.42 Å². The van der Waals surface area contributed by atoms with Gasteiger partial charge in [0.05, 0.1) is 11.1 Å². The summed E-state index contributed by atoms with van der Waals surface area (Å²) in [5.41, 5.74) is 7.34. The molecular formula is C19H16ClN3O2. The van der Waals surface area contributed by atoms with Crippen molar-refractivity contribution in [1.82, 2.24) is 10.3 Å². The number of halogens is 1. The molecule has 0 aliphatic heterocycles. The highest BCUT2D eigenvalue weighted by Crippen LogP contribution is 2.17. The van der Waals surface area contributed by atoms with Crippen molar-refractivity contribution in [3.63, 3.8) is 0 Å². The number of para-hydroxylation sites is 1. The second kappa shape index (κ2) is 7.32. The summed E-state index contributed by atoms with van der Waals surface area (Å²) in [5.74, 6) is -1.03. The first-order valence-corrected chi connectivity index (χ1v) is 8.11. The molecule has 0 spiro atoms. The van der Waals surface area contributed by atoms with Crippen LogP contribution in [0.2, 0.25) is 5.02 Å². The van der Waals surface area contributed by atoms with E-state index in [2.05, 4.69) is 10.3 Å². The van der Waals surface area contributed by atoms with Crippen LogP contribution in [0.3, 0.4) is 0 Å². The molecule has 3 aromatic rings. The molecule has 126 valence electrons. The molecule has 3 N–H and O–H groups in total. The zero-order valence-electron chi connectivity index (χ0n) is 13.3. The average molecular weight is 354 g/mol. The molecule has 0 bridgehead atoms. The molecule has 0 fully saturated rings. The SMILES string of the molecule is NC(=O)[C@H](Cc1ccccc1Cl)NC(=O)c1cnc2ccccc2c1. The minimum Gasteiger partial charge on any atom is -0.368 e. The van der Waals surface area contributed by atoms with Crippen molar-refractivity contribution in [2.45, 2.75) is 12.5 Å². The van der Waals surface area contributed by atoms with Gasteiger partial charge in [-0.15, -0.1) is 0 Å². The monoisotopic (exact) mass is 353 g/mol. The first-order chi connectivity index (χ1) is 12.0. The van der Waals surface area contributed by atoms with E-state index >= 15 is 0 Å². The van der Waals surface area contributed by atoms with Crippen LogP contribution in [-0.4, -0.2) is 22.8 Å². The van der Waals surface area contributed by atoms with Crippen LogP contribution in [-0.2, 0) is 11.2 Å². The Morgan fingerprint density at radius 2 is 1.84 bits per heavy atom. The van der Waals surface area contributed by atoms with E-state index in [1.165, 1.54) is 6.20 Å². The predicted molar refractivity (Wildman–Crippen MR) is 97.3 cm³/mol. The maximum Gasteiger partial charge on any atom is 0.253 e. The van der Waals surface area contributed by atoms with Crippen LogP contribution < -0.4 is 11.1 Å². The van der Waals surface area contributed by atoms with Gasteiger partial charge in [0.25, 0.3) is 5.91 Å². The van der Waals surface area contributed by atoms with Gasteiger partial charge in [0.15, 0.2) is 0 Å². The summed E-state index contributed by atoms with van der Waals surface area (Å²) in [7, 11) is 0. The van der Waals surface area contributed by atoms with Crippen LogP contribution in [0.4, 0.5) is 0 Å². The molecule has 0 aliphatic carbocycles. The van der Waals surface area contributed by atoms with E-state index in [1.807, 2.05) is 30.3 Å². The van der Waals surface area contributed by atoms with Crippen molar-refractivity contribution >= 4 is 34.3 Å². The maximum absolute atomic E-state index is 12.5. The van der Waals surface area contributed by atoms with E-state index in [0.29, 0.717) is 10.6 Å². The molecule has 0 radical (unpaired) electrons. The van der Waals surface area contributed by atoms with Gasteiger partial charge in [-0.05, 0) is 23.8 Å². The largest absolute Gasteiger partial charge is 0.368 e. The van der Waals surface area contributed by atoms with Gasteiger partial charge in [-0.3, -0.25) is 14.6 Å². The Labute approximate surface area is 149 Å². The fourth-order valence-electron chi connectivity index (χ4n) is 2.54. The number of amides is 2. The van der Waals surface area contributed by atoms with Gasteiger partial charge in [0.1, 0.15) is 6.04 Å². The molecule has 0 saturated carbocycles. The number of aromatic nitrogens is 1. The lowest BCUT2D eigenvalue weighted by Crippen LogP contribution is -2.45. The fourth-order valence-corrected chi connectivity index (χ4v) is 2.76. The molecule has 5 nitrogen and oxygen atoms in total. The van der Waals surface area contributed by atoms with Crippen molar-refractivity contribution in [2.75, 3.05) is 0 Å². The van der Waals surface area contributed by atoms with E-state index in [1.54, 1.807) is 24.3 Å². The number of nitrogens with zero attached hydrogens (tertiary/aromatic N) is 1. The second-order valence-electron chi connectivity index (χ2n) is 5.64. The topological polar surface area (TPSA) is 85.1 Å². The summed E-state index contributed by atoms with van der Waals surface area (Å²) in [4.78, 5) is 28.5. The van der Waals surface area contributed by atoms with Gasteiger partial charge in [0, 0.05) is 23.0 Å². The molecule has 2 amide bonds. The minimum atomic E-state index is -0.862. The Bertz CT molecular complexity index is 943. The third-order valence-corrected chi connectivity index (χ3v) is 4.25. The van der Waals surface area contributed by atoms with Gasteiger partial charge in [-0.25, -0.2) is 0 Å². The van der Waals surface area contributed by atoms with E-state index in [0.717, 1.165) is 16.5 Å². The highest BCUT2D eigenvalue weighted by Gasteiger charge is 2.20. The van der Waals surface area contributed by atoms with Crippen LogP contribution in [0.5, 0.6) is 0 Å². The lowest BCUT2D eigenvalue weighted by Gasteiger charge is -2.16. The van der Waals surface area contributed by atoms with Crippen molar-refractivity contribution in [3.05, 3.63) is 76.9 Å².